The second-order valence-electron chi connectivity index (χ2n) is 10.6. The molecule has 0 unspecified atom stereocenters. The fourth-order valence-electron chi connectivity index (χ4n) is 5.11. The van der Waals surface area contributed by atoms with E-state index in [4.69, 9.17) is 9.47 Å². The number of fused-ring (bicyclic) bond motifs is 1. The number of hydrogen-bond donors (Lipinski definition) is 2. The molecule has 2 fully saturated rings. The molecule has 3 heterocycles. The van der Waals surface area contributed by atoms with Crippen LogP contribution in [0.5, 0.6) is 0 Å². The van der Waals surface area contributed by atoms with E-state index in [0.717, 1.165) is 42.0 Å². The monoisotopic (exact) mass is 479 g/mol. The van der Waals surface area contributed by atoms with Crippen LogP contribution in [0.3, 0.4) is 0 Å². The van der Waals surface area contributed by atoms with E-state index < -0.39 is 23.5 Å². The third kappa shape index (κ3) is 6.31. The fourth-order valence-corrected chi connectivity index (χ4v) is 5.68. The van der Waals surface area contributed by atoms with Crippen LogP contribution in [0.2, 0.25) is 0 Å². The van der Waals surface area contributed by atoms with Gasteiger partial charge in [-0.3, -0.25) is 4.79 Å². The first-order chi connectivity index (χ1) is 15.5. The number of nitrogens with zero attached hydrogens (tertiary/aromatic N) is 1. The third-order valence-corrected chi connectivity index (χ3v) is 8.36. The Morgan fingerprint density at radius 2 is 1.94 bits per heavy atom. The molecule has 0 saturated carbocycles. The lowest BCUT2D eigenvalue weighted by molar-refractivity contribution is -0.142. The van der Waals surface area contributed by atoms with Crippen molar-refractivity contribution in [3.63, 3.8) is 0 Å². The molecule has 0 aromatic carbocycles. The Morgan fingerprint density at radius 1 is 1.21 bits per heavy atom. The van der Waals surface area contributed by atoms with E-state index in [-0.39, 0.29) is 30.0 Å². The zero-order valence-electron chi connectivity index (χ0n) is 20.9. The molecule has 2 aliphatic heterocycles. The summed E-state index contributed by atoms with van der Waals surface area (Å²) in [6.45, 7) is 11.8. The quantitative estimate of drug-likeness (QED) is 0.646. The van der Waals surface area contributed by atoms with Crippen LogP contribution in [-0.4, -0.2) is 58.1 Å². The number of aliphatic hydroxyl groups excluding tert-OH is 2. The summed E-state index contributed by atoms with van der Waals surface area (Å²) < 4.78 is 12.7. The Morgan fingerprint density at radius 3 is 2.61 bits per heavy atom. The number of hydrogen-bond acceptors (Lipinski definition) is 7. The Bertz CT molecular complexity index is 834. The SMILES string of the molecule is C/C(=C\c1csc(C)n1)[C@H]1C[C@H]2OCC[C@H](O)C(C)(C)C(=O)[C@H](C)[C@@H](O)[C@@H](C)CCC[C@H]2O1. The van der Waals surface area contributed by atoms with Crippen molar-refractivity contribution >= 4 is 23.2 Å². The van der Waals surface area contributed by atoms with E-state index in [1.54, 1.807) is 32.1 Å². The van der Waals surface area contributed by atoms with Crippen LogP contribution in [0.25, 0.3) is 6.08 Å². The van der Waals surface area contributed by atoms with Crippen LogP contribution in [-0.2, 0) is 14.3 Å². The van der Waals surface area contributed by atoms with Gasteiger partial charge in [0.05, 0.1) is 41.2 Å². The molecule has 2 aliphatic rings. The molecule has 0 radical (unpaired) electrons. The van der Waals surface area contributed by atoms with Crippen molar-refractivity contribution in [2.75, 3.05) is 6.61 Å². The molecule has 0 spiro atoms. The summed E-state index contributed by atoms with van der Waals surface area (Å²) in [5, 5.41) is 24.7. The number of carbonyl (C=O) groups is 1. The highest BCUT2D eigenvalue weighted by Crippen LogP contribution is 2.35. The lowest BCUT2D eigenvalue weighted by Gasteiger charge is -2.35. The summed E-state index contributed by atoms with van der Waals surface area (Å²) in [7, 11) is 0. The maximum absolute atomic E-state index is 13.1. The predicted octanol–water partition coefficient (Wildman–Crippen LogP) is 4.56. The summed E-state index contributed by atoms with van der Waals surface area (Å²) >= 11 is 1.64. The standard InChI is InChI=1S/C26H41NO5S/c1-15-8-7-9-20-22(13-21(32-20)16(2)12-19-14-33-18(4)27-19)31-11-10-23(28)26(5,6)25(30)17(3)24(15)29/h12,14-15,17,20-24,28-29H,7-11,13H2,1-6H3/b16-12+/t15-,17+,20+,21+,22+,23-,24-/m0/s1. The number of aromatic nitrogens is 1. The van der Waals surface area contributed by atoms with Gasteiger partial charge >= 0.3 is 0 Å². The second kappa shape index (κ2) is 11.1. The van der Waals surface area contributed by atoms with Gasteiger partial charge in [0.25, 0.3) is 0 Å². The minimum atomic E-state index is -0.938. The number of ketones is 1. The molecule has 2 N–H and O–H groups in total. The topological polar surface area (TPSA) is 88.9 Å². The van der Waals surface area contributed by atoms with Crippen molar-refractivity contribution in [1.29, 1.82) is 0 Å². The van der Waals surface area contributed by atoms with Crippen LogP contribution >= 0.6 is 11.3 Å². The Labute approximate surface area is 202 Å². The second-order valence-corrected chi connectivity index (χ2v) is 11.6. The van der Waals surface area contributed by atoms with Crippen LogP contribution in [0.1, 0.15) is 77.4 Å². The van der Waals surface area contributed by atoms with Crippen LogP contribution in [0.4, 0.5) is 0 Å². The van der Waals surface area contributed by atoms with Gasteiger partial charge in [-0.2, -0.15) is 0 Å². The van der Waals surface area contributed by atoms with E-state index >= 15 is 0 Å². The Kier molecular flexibility index (Phi) is 8.89. The molecule has 3 rings (SSSR count). The highest BCUT2D eigenvalue weighted by molar-refractivity contribution is 7.09. The molecule has 1 aromatic heterocycles. The van der Waals surface area contributed by atoms with Gasteiger partial charge in [-0.05, 0) is 50.7 Å². The molecular formula is C26H41NO5S. The molecule has 7 heteroatoms. The van der Waals surface area contributed by atoms with Crippen LogP contribution in [0.15, 0.2) is 11.0 Å². The van der Waals surface area contributed by atoms with Crippen LogP contribution in [0, 0.1) is 24.2 Å². The van der Waals surface area contributed by atoms with Gasteiger partial charge in [0.15, 0.2) is 0 Å². The van der Waals surface area contributed by atoms with Crippen molar-refractivity contribution in [2.45, 2.75) is 104 Å². The molecule has 0 amide bonds. The Balaban J connectivity index is 1.74. The van der Waals surface area contributed by atoms with E-state index in [1.165, 1.54) is 0 Å². The largest absolute Gasteiger partial charge is 0.392 e. The van der Waals surface area contributed by atoms with Gasteiger partial charge in [-0.1, -0.05) is 34.1 Å². The normalized spacial score (nSPS) is 36.9. The molecule has 0 bridgehead atoms. The zero-order chi connectivity index (χ0) is 24.3. The maximum atomic E-state index is 13.1. The minimum Gasteiger partial charge on any atom is -0.392 e. The van der Waals surface area contributed by atoms with E-state index in [1.807, 2.05) is 13.8 Å². The number of aliphatic hydroxyl groups is 2. The highest BCUT2D eigenvalue weighted by Gasteiger charge is 2.42. The fraction of sp³-hybridized carbons (Fsp3) is 0.769. The molecule has 6 nitrogen and oxygen atoms in total. The van der Waals surface area contributed by atoms with E-state index in [0.29, 0.717) is 13.0 Å². The predicted molar refractivity (Wildman–Crippen MR) is 131 cm³/mol. The number of ether oxygens (including phenoxy) is 2. The minimum absolute atomic E-state index is 0.00839. The van der Waals surface area contributed by atoms with E-state index in [2.05, 4.69) is 23.4 Å². The van der Waals surface area contributed by atoms with Gasteiger partial charge in [0.2, 0.25) is 0 Å². The highest BCUT2D eigenvalue weighted by atomic mass is 32.1. The zero-order valence-corrected chi connectivity index (χ0v) is 21.7. The van der Waals surface area contributed by atoms with Gasteiger partial charge in [0.1, 0.15) is 5.78 Å². The lowest BCUT2D eigenvalue weighted by Crippen LogP contribution is -2.45. The van der Waals surface area contributed by atoms with Crippen molar-refractivity contribution in [3.05, 3.63) is 21.7 Å². The molecular weight excluding hydrogens is 438 g/mol. The molecule has 1 aromatic rings. The first-order valence-electron chi connectivity index (χ1n) is 12.3. The van der Waals surface area contributed by atoms with E-state index in [9.17, 15) is 15.0 Å². The molecule has 186 valence electrons. The summed E-state index contributed by atoms with van der Waals surface area (Å²) in [5.41, 5.74) is 1.16. The van der Waals surface area contributed by atoms with Crippen molar-refractivity contribution in [3.8, 4) is 0 Å². The first kappa shape index (κ1) is 26.5. The molecule has 33 heavy (non-hydrogen) atoms. The average Bonchev–Trinajstić information content (AvgIpc) is 3.37. The lowest BCUT2D eigenvalue weighted by atomic mass is 9.73. The summed E-state index contributed by atoms with van der Waals surface area (Å²) in [6, 6.07) is 0. The number of thiazole rings is 1. The smallest absolute Gasteiger partial charge is 0.146 e. The van der Waals surface area contributed by atoms with Gasteiger partial charge < -0.3 is 19.7 Å². The van der Waals surface area contributed by atoms with Crippen molar-refractivity contribution < 1.29 is 24.5 Å². The molecule has 0 aliphatic carbocycles. The summed E-state index contributed by atoms with van der Waals surface area (Å²) in [4.78, 5) is 17.6. The maximum Gasteiger partial charge on any atom is 0.146 e. The average molecular weight is 480 g/mol. The van der Waals surface area contributed by atoms with Gasteiger partial charge in [0, 0.05) is 29.7 Å². The molecule has 2 saturated heterocycles. The number of rotatable bonds is 2. The van der Waals surface area contributed by atoms with Crippen molar-refractivity contribution in [1.82, 2.24) is 4.98 Å². The molecule has 7 atom stereocenters. The number of carbonyl (C=O) groups excluding carboxylic acids is 1. The first-order valence-corrected chi connectivity index (χ1v) is 13.2. The number of aryl methyl sites for hydroxylation is 1. The van der Waals surface area contributed by atoms with Gasteiger partial charge in [-0.25, -0.2) is 4.98 Å². The summed E-state index contributed by atoms with van der Waals surface area (Å²) in [5.74, 6) is -0.618. The van der Waals surface area contributed by atoms with Crippen molar-refractivity contribution in [2.24, 2.45) is 17.3 Å². The summed E-state index contributed by atoms with van der Waals surface area (Å²) in [6.07, 6.45) is 4.14. The Hall–Kier alpha value is -1.12. The number of Topliss-reactive ketones (excluding diaryl/α,β-unsaturated/α-hetero) is 1. The van der Waals surface area contributed by atoms with Crippen LogP contribution < -0.4 is 0 Å². The third-order valence-electron chi connectivity index (χ3n) is 7.57. The van der Waals surface area contributed by atoms with Gasteiger partial charge in [-0.15, -0.1) is 11.3 Å².